The van der Waals surface area contributed by atoms with Gasteiger partial charge >= 0.3 is 0 Å². The van der Waals surface area contributed by atoms with Crippen molar-refractivity contribution in [1.82, 2.24) is 0 Å². The third-order valence-corrected chi connectivity index (χ3v) is 3.78. The van der Waals surface area contributed by atoms with Crippen LogP contribution in [0.1, 0.15) is 23.6 Å². The molecule has 0 saturated carbocycles. The van der Waals surface area contributed by atoms with Crippen molar-refractivity contribution in [2.24, 2.45) is 0 Å². The average molecular weight is 325 g/mol. The van der Waals surface area contributed by atoms with Crippen LogP contribution >= 0.6 is 23.2 Å². The molecule has 2 rings (SSSR count). The predicted molar refractivity (Wildman–Crippen MR) is 87.7 cm³/mol. The number of aryl methyl sites for hydroxylation is 1. The van der Waals surface area contributed by atoms with Gasteiger partial charge in [0.1, 0.15) is 6.61 Å². The summed E-state index contributed by atoms with van der Waals surface area (Å²) in [6, 6.07) is 11.9. The fraction of sp³-hybridized carbons (Fsp3) is 0.294. The molecule has 0 saturated heterocycles. The molecule has 0 fully saturated rings. The van der Waals surface area contributed by atoms with Gasteiger partial charge in [-0.15, -0.1) is 11.6 Å². The average Bonchev–Trinajstić information content (AvgIpc) is 2.53. The largest absolute Gasteiger partial charge is 0.493 e. The van der Waals surface area contributed by atoms with Gasteiger partial charge in [-0.1, -0.05) is 42.8 Å². The Morgan fingerprint density at radius 3 is 2.29 bits per heavy atom. The molecule has 0 heterocycles. The van der Waals surface area contributed by atoms with E-state index in [0.29, 0.717) is 29.0 Å². The standard InChI is InChI=1S/C17H18Cl2O2/c1-3-12-4-6-13(7-5-12)11-21-17-14(10-18)8-15(19)9-16(17)20-2/h4-9H,3,10-11H2,1-2H3. The van der Waals surface area contributed by atoms with Crippen LogP contribution in [0.15, 0.2) is 36.4 Å². The highest BCUT2D eigenvalue weighted by Crippen LogP contribution is 2.36. The van der Waals surface area contributed by atoms with E-state index in [-0.39, 0.29) is 0 Å². The van der Waals surface area contributed by atoms with E-state index in [9.17, 15) is 0 Å². The third kappa shape index (κ3) is 4.05. The van der Waals surface area contributed by atoms with Crippen LogP contribution in [0.25, 0.3) is 0 Å². The molecule has 112 valence electrons. The zero-order chi connectivity index (χ0) is 15.2. The summed E-state index contributed by atoms with van der Waals surface area (Å²) < 4.78 is 11.2. The SMILES string of the molecule is CCc1ccc(COc2c(CCl)cc(Cl)cc2OC)cc1. The van der Waals surface area contributed by atoms with Gasteiger partial charge in [-0.05, 0) is 23.6 Å². The quantitative estimate of drug-likeness (QED) is 0.677. The molecule has 0 aromatic heterocycles. The molecule has 0 aliphatic rings. The lowest BCUT2D eigenvalue weighted by Crippen LogP contribution is -2.01. The Bertz CT molecular complexity index is 569. The van der Waals surface area contributed by atoms with E-state index in [2.05, 4.69) is 31.2 Å². The Hall–Kier alpha value is -1.38. The molecule has 0 N–H and O–H groups in total. The molecule has 0 unspecified atom stereocenters. The summed E-state index contributed by atoms with van der Waals surface area (Å²) >= 11 is 12.0. The summed E-state index contributed by atoms with van der Waals surface area (Å²) in [4.78, 5) is 0. The molecule has 4 heteroatoms. The molecule has 0 bridgehead atoms. The highest BCUT2D eigenvalue weighted by molar-refractivity contribution is 6.31. The second kappa shape index (κ2) is 7.58. The Kier molecular flexibility index (Phi) is 5.77. The molecule has 0 aliphatic heterocycles. The second-order valence-electron chi connectivity index (χ2n) is 4.69. The molecule has 0 aliphatic carbocycles. The number of alkyl halides is 1. The summed E-state index contributed by atoms with van der Waals surface area (Å²) in [7, 11) is 1.59. The predicted octanol–water partition coefficient (Wildman–Crippen LogP) is 5.23. The van der Waals surface area contributed by atoms with Crippen LogP contribution in [0.2, 0.25) is 5.02 Å². The Morgan fingerprint density at radius 1 is 1.05 bits per heavy atom. The maximum absolute atomic E-state index is 6.04. The van der Waals surface area contributed by atoms with Gasteiger partial charge in [-0.2, -0.15) is 0 Å². The fourth-order valence-corrected chi connectivity index (χ4v) is 2.49. The topological polar surface area (TPSA) is 18.5 Å². The van der Waals surface area contributed by atoms with Crippen molar-refractivity contribution < 1.29 is 9.47 Å². The van der Waals surface area contributed by atoms with Gasteiger partial charge in [-0.3, -0.25) is 0 Å². The Balaban J connectivity index is 2.18. The number of hydrogen-bond donors (Lipinski definition) is 0. The van der Waals surface area contributed by atoms with Gasteiger partial charge in [0.2, 0.25) is 0 Å². The van der Waals surface area contributed by atoms with Crippen molar-refractivity contribution in [2.75, 3.05) is 7.11 Å². The first-order valence-corrected chi connectivity index (χ1v) is 7.72. The minimum Gasteiger partial charge on any atom is -0.493 e. The lowest BCUT2D eigenvalue weighted by molar-refractivity contribution is 0.282. The zero-order valence-electron chi connectivity index (χ0n) is 12.2. The first-order chi connectivity index (χ1) is 10.2. The normalized spacial score (nSPS) is 10.5. The lowest BCUT2D eigenvalue weighted by atomic mass is 10.1. The fourth-order valence-electron chi connectivity index (χ4n) is 2.06. The number of methoxy groups -OCH3 is 1. The maximum Gasteiger partial charge on any atom is 0.166 e. The highest BCUT2D eigenvalue weighted by atomic mass is 35.5. The van der Waals surface area contributed by atoms with Gasteiger partial charge in [0, 0.05) is 16.7 Å². The summed E-state index contributed by atoms with van der Waals surface area (Å²) in [6.45, 7) is 2.60. The van der Waals surface area contributed by atoms with Crippen LogP contribution in [-0.4, -0.2) is 7.11 Å². The summed E-state index contributed by atoms with van der Waals surface area (Å²) in [6.07, 6.45) is 1.03. The molecular weight excluding hydrogens is 307 g/mol. The molecule has 0 radical (unpaired) electrons. The van der Waals surface area contributed by atoms with Gasteiger partial charge in [0.15, 0.2) is 11.5 Å². The summed E-state index contributed by atoms with van der Waals surface area (Å²) in [5, 5.41) is 0.585. The minimum absolute atomic E-state index is 0.320. The van der Waals surface area contributed by atoms with Crippen LogP contribution in [0.3, 0.4) is 0 Å². The van der Waals surface area contributed by atoms with Crippen molar-refractivity contribution in [1.29, 1.82) is 0 Å². The van der Waals surface area contributed by atoms with E-state index in [1.807, 2.05) is 0 Å². The third-order valence-electron chi connectivity index (χ3n) is 3.27. The minimum atomic E-state index is 0.320. The van der Waals surface area contributed by atoms with E-state index in [1.54, 1.807) is 19.2 Å². The molecule has 21 heavy (non-hydrogen) atoms. The first-order valence-electron chi connectivity index (χ1n) is 6.81. The number of rotatable bonds is 6. The smallest absolute Gasteiger partial charge is 0.166 e. The van der Waals surface area contributed by atoms with Crippen LogP contribution in [0, 0.1) is 0 Å². The molecule has 0 atom stereocenters. The first kappa shape index (κ1) is 16.0. The van der Waals surface area contributed by atoms with E-state index < -0.39 is 0 Å². The molecular formula is C17H18Cl2O2. The van der Waals surface area contributed by atoms with E-state index in [0.717, 1.165) is 17.5 Å². The van der Waals surface area contributed by atoms with Crippen molar-refractivity contribution in [3.05, 3.63) is 58.1 Å². The number of hydrogen-bond acceptors (Lipinski definition) is 2. The van der Waals surface area contributed by atoms with E-state index >= 15 is 0 Å². The van der Waals surface area contributed by atoms with Crippen LogP contribution < -0.4 is 9.47 Å². The molecule has 2 aromatic rings. The monoisotopic (exact) mass is 324 g/mol. The zero-order valence-corrected chi connectivity index (χ0v) is 13.7. The lowest BCUT2D eigenvalue weighted by Gasteiger charge is -2.15. The van der Waals surface area contributed by atoms with Crippen molar-refractivity contribution in [3.63, 3.8) is 0 Å². The Labute approximate surface area is 135 Å². The molecule has 2 nitrogen and oxygen atoms in total. The van der Waals surface area contributed by atoms with E-state index in [1.165, 1.54) is 5.56 Å². The van der Waals surface area contributed by atoms with Gasteiger partial charge < -0.3 is 9.47 Å². The number of halogens is 2. The molecule has 0 spiro atoms. The van der Waals surface area contributed by atoms with Crippen LogP contribution in [0.5, 0.6) is 11.5 Å². The number of ether oxygens (including phenoxy) is 2. The highest BCUT2D eigenvalue weighted by Gasteiger charge is 2.12. The van der Waals surface area contributed by atoms with Gasteiger partial charge in [0.25, 0.3) is 0 Å². The maximum atomic E-state index is 6.04. The Morgan fingerprint density at radius 2 is 1.71 bits per heavy atom. The van der Waals surface area contributed by atoms with Gasteiger partial charge in [0.05, 0.1) is 13.0 Å². The van der Waals surface area contributed by atoms with E-state index in [4.69, 9.17) is 32.7 Å². The second-order valence-corrected chi connectivity index (χ2v) is 5.39. The summed E-state index contributed by atoms with van der Waals surface area (Å²) in [5.41, 5.74) is 3.24. The van der Waals surface area contributed by atoms with Crippen molar-refractivity contribution in [2.45, 2.75) is 25.8 Å². The van der Waals surface area contributed by atoms with Crippen LogP contribution in [0.4, 0.5) is 0 Å². The van der Waals surface area contributed by atoms with Crippen molar-refractivity contribution >= 4 is 23.2 Å². The van der Waals surface area contributed by atoms with Crippen LogP contribution in [-0.2, 0) is 18.9 Å². The van der Waals surface area contributed by atoms with Crippen molar-refractivity contribution in [3.8, 4) is 11.5 Å². The molecule has 2 aromatic carbocycles. The number of benzene rings is 2. The molecule has 0 amide bonds. The summed E-state index contributed by atoms with van der Waals surface area (Å²) in [5.74, 6) is 1.57. The van der Waals surface area contributed by atoms with Gasteiger partial charge in [-0.25, -0.2) is 0 Å².